The summed E-state index contributed by atoms with van der Waals surface area (Å²) < 4.78 is 26.3. The van der Waals surface area contributed by atoms with E-state index in [1.54, 1.807) is 54.6 Å². The minimum Gasteiger partial charge on any atom is -0.481 e. The number of aliphatic carboxylic acids is 1. The smallest absolute Gasteiger partial charge is 0.319 e. The fourth-order valence-corrected chi connectivity index (χ4v) is 5.08. The minimum atomic E-state index is -3.82. The molecule has 0 aliphatic carbocycles. The molecule has 4 amide bonds. The van der Waals surface area contributed by atoms with E-state index in [0.29, 0.717) is 34.7 Å². The number of carbonyl (C=O) groups excluding carboxylic acids is 2. The quantitative estimate of drug-likeness (QED) is 0.193. The van der Waals surface area contributed by atoms with Gasteiger partial charge in [-0.2, -0.15) is 0 Å². The van der Waals surface area contributed by atoms with Gasteiger partial charge in [-0.05, 0) is 60.0 Å². The van der Waals surface area contributed by atoms with E-state index >= 15 is 0 Å². The Hall–Kier alpha value is -4.58. The molecule has 0 radical (unpaired) electrons. The molecule has 0 aliphatic heterocycles. The first kappa shape index (κ1) is 29.0. The Morgan fingerprint density at radius 1 is 0.897 bits per heavy atom. The number of carbonyl (C=O) groups is 3. The molecule has 3 aromatic carbocycles. The van der Waals surface area contributed by atoms with E-state index < -0.39 is 40.3 Å². The second-order valence-electron chi connectivity index (χ2n) is 8.78. The number of hydrogen-bond acceptors (Lipinski definition) is 6. The largest absolute Gasteiger partial charge is 0.481 e. The molecule has 11 nitrogen and oxygen atoms in total. The lowest BCUT2D eigenvalue weighted by molar-refractivity contribution is -0.137. The van der Waals surface area contributed by atoms with Gasteiger partial charge in [0.15, 0.2) is 9.84 Å². The maximum absolute atomic E-state index is 13.2. The van der Waals surface area contributed by atoms with Gasteiger partial charge >= 0.3 is 18.0 Å². The van der Waals surface area contributed by atoms with Crippen LogP contribution < -0.4 is 27.0 Å². The molecule has 39 heavy (non-hydrogen) atoms. The molecule has 12 heteroatoms. The topological polar surface area (TPSA) is 180 Å². The first-order valence-corrected chi connectivity index (χ1v) is 13.8. The fourth-order valence-electron chi connectivity index (χ4n) is 3.70. The van der Waals surface area contributed by atoms with Gasteiger partial charge in [0.05, 0.1) is 23.1 Å². The van der Waals surface area contributed by atoms with Gasteiger partial charge in [-0.3, -0.25) is 4.79 Å². The number of carboxylic acids is 1. The van der Waals surface area contributed by atoms with Crippen molar-refractivity contribution in [3.63, 3.8) is 0 Å². The lowest BCUT2D eigenvalue weighted by atomic mass is 10.0. The van der Waals surface area contributed by atoms with Crippen molar-refractivity contribution in [3.05, 3.63) is 83.9 Å². The van der Waals surface area contributed by atoms with Crippen molar-refractivity contribution in [2.24, 2.45) is 0 Å². The summed E-state index contributed by atoms with van der Waals surface area (Å²) in [5.74, 6) is -1.51. The number of sulfone groups is 1. The lowest BCUT2D eigenvalue weighted by Crippen LogP contribution is -2.33. The molecule has 3 aromatic rings. The first-order chi connectivity index (χ1) is 18.6. The van der Waals surface area contributed by atoms with Crippen LogP contribution in [-0.2, 0) is 20.4 Å². The van der Waals surface area contributed by atoms with Gasteiger partial charge in [0.1, 0.15) is 0 Å². The van der Waals surface area contributed by atoms with Crippen molar-refractivity contribution in [2.75, 3.05) is 22.9 Å². The number of rotatable bonds is 11. The summed E-state index contributed by atoms with van der Waals surface area (Å²) in [7, 11) is -3.82. The Bertz CT molecular complexity index is 1430. The monoisotopic (exact) mass is 553 g/mol. The van der Waals surface area contributed by atoms with Crippen molar-refractivity contribution >= 4 is 44.9 Å². The van der Waals surface area contributed by atoms with Gasteiger partial charge in [-0.15, -0.1) is 0 Å². The highest BCUT2D eigenvalue weighted by Crippen LogP contribution is 2.24. The average Bonchev–Trinajstić information content (AvgIpc) is 2.88. The van der Waals surface area contributed by atoms with E-state index in [1.807, 2.05) is 6.92 Å². The van der Waals surface area contributed by atoms with Crippen LogP contribution in [0.4, 0.5) is 26.7 Å². The molecule has 0 fully saturated rings. The molecule has 0 aromatic heterocycles. The SMILES string of the molecule is CCCNC(=O)Nc1cccc(S(=O)(=O)Cc2cccc([C@@H](CC(=O)O)NC(=O)Nc3ccc(N)cc3)c2)c1. The fraction of sp³-hybridized carbons (Fsp3) is 0.222. The number of benzene rings is 3. The van der Waals surface area contributed by atoms with Crippen LogP contribution in [0.2, 0.25) is 0 Å². The number of hydrogen-bond donors (Lipinski definition) is 6. The van der Waals surface area contributed by atoms with Crippen LogP contribution in [0.15, 0.2) is 77.7 Å². The van der Waals surface area contributed by atoms with Gasteiger partial charge in [0.2, 0.25) is 0 Å². The minimum absolute atomic E-state index is 0.0179. The zero-order chi connectivity index (χ0) is 28.4. The lowest BCUT2D eigenvalue weighted by Gasteiger charge is -2.19. The summed E-state index contributed by atoms with van der Waals surface area (Å²) >= 11 is 0. The van der Waals surface area contributed by atoms with Crippen LogP contribution >= 0.6 is 0 Å². The molecule has 0 aliphatic rings. The summed E-state index contributed by atoms with van der Waals surface area (Å²) in [6, 6.07) is 16.8. The van der Waals surface area contributed by atoms with E-state index in [9.17, 15) is 27.9 Å². The molecule has 0 spiro atoms. The Balaban J connectivity index is 1.75. The molecule has 0 saturated heterocycles. The van der Waals surface area contributed by atoms with E-state index in [1.165, 1.54) is 18.2 Å². The molecule has 0 saturated carbocycles. The number of nitrogen functional groups attached to an aromatic ring is 1. The van der Waals surface area contributed by atoms with Gasteiger partial charge < -0.3 is 32.1 Å². The molecule has 1 atom stereocenters. The number of amides is 4. The zero-order valence-corrected chi connectivity index (χ0v) is 22.1. The summed E-state index contributed by atoms with van der Waals surface area (Å²) in [4.78, 5) is 36.0. The summed E-state index contributed by atoms with van der Waals surface area (Å²) in [6.07, 6.45) is 0.343. The molecule has 206 valence electrons. The third-order valence-electron chi connectivity index (χ3n) is 5.55. The van der Waals surface area contributed by atoms with E-state index in [0.717, 1.165) is 6.42 Å². The Morgan fingerprint density at radius 2 is 1.59 bits per heavy atom. The van der Waals surface area contributed by atoms with Crippen LogP contribution in [-0.4, -0.2) is 38.1 Å². The molecule has 7 N–H and O–H groups in total. The van der Waals surface area contributed by atoms with Crippen LogP contribution in [0.5, 0.6) is 0 Å². The van der Waals surface area contributed by atoms with Crippen LogP contribution in [0.3, 0.4) is 0 Å². The van der Waals surface area contributed by atoms with Crippen molar-refractivity contribution in [1.82, 2.24) is 10.6 Å². The highest BCUT2D eigenvalue weighted by Gasteiger charge is 2.21. The van der Waals surface area contributed by atoms with Gasteiger partial charge in [-0.25, -0.2) is 18.0 Å². The van der Waals surface area contributed by atoms with Crippen molar-refractivity contribution in [2.45, 2.75) is 36.5 Å². The molecule has 3 rings (SSSR count). The number of anilines is 3. The normalized spacial score (nSPS) is 11.7. The second kappa shape index (κ2) is 13.3. The Morgan fingerprint density at radius 3 is 2.28 bits per heavy atom. The van der Waals surface area contributed by atoms with Crippen LogP contribution in [0.1, 0.15) is 36.9 Å². The third kappa shape index (κ3) is 9.04. The summed E-state index contributed by atoms with van der Waals surface area (Å²) in [5, 5.41) is 19.9. The number of nitrogens with two attached hydrogens (primary N) is 1. The molecular weight excluding hydrogens is 522 g/mol. The van der Waals surface area contributed by atoms with Gasteiger partial charge in [0, 0.05) is 23.6 Å². The van der Waals surface area contributed by atoms with E-state index in [4.69, 9.17) is 5.73 Å². The molecule has 0 unspecified atom stereocenters. The number of carboxylic acid groups (broad SMARTS) is 1. The average molecular weight is 554 g/mol. The summed E-state index contributed by atoms with van der Waals surface area (Å²) in [6.45, 7) is 2.40. The number of nitrogens with one attached hydrogen (secondary N) is 4. The highest BCUT2D eigenvalue weighted by atomic mass is 32.2. The maximum Gasteiger partial charge on any atom is 0.319 e. The standard InChI is InChI=1S/C27H31N5O6S/c1-2-13-29-26(35)31-22-7-4-8-23(15-22)39(37,38)17-18-5-3-6-19(14-18)24(16-25(33)34)32-27(36)30-21-11-9-20(28)10-12-21/h3-12,14-15,24H,2,13,16-17,28H2,1H3,(H,33,34)(H2,29,31,35)(H2,30,32,36)/t24-/m1/s1. The van der Waals surface area contributed by atoms with Crippen molar-refractivity contribution in [1.29, 1.82) is 0 Å². The molecule has 0 bridgehead atoms. The number of urea groups is 2. The van der Waals surface area contributed by atoms with Gasteiger partial charge in [-0.1, -0.05) is 37.3 Å². The predicted octanol–water partition coefficient (Wildman–Crippen LogP) is 4.11. The first-order valence-electron chi connectivity index (χ1n) is 12.2. The van der Waals surface area contributed by atoms with Crippen LogP contribution in [0, 0.1) is 0 Å². The van der Waals surface area contributed by atoms with Crippen molar-refractivity contribution in [3.8, 4) is 0 Å². The zero-order valence-electron chi connectivity index (χ0n) is 21.3. The maximum atomic E-state index is 13.2. The molecule has 0 heterocycles. The third-order valence-corrected chi connectivity index (χ3v) is 7.23. The Labute approximate surface area is 226 Å². The predicted molar refractivity (Wildman–Crippen MR) is 149 cm³/mol. The molecular formula is C27H31N5O6S. The summed E-state index contributed by atoms with van der Waals surface area (Å²) in [5.41, 5.74) is 7.81. The van der Waals surface area contributed by atoms with E-state index in [-0.39, 0.29) is 10.6 Å². The van der Waals surface area contributed by atoms with Crippen molar-refractivity contribution < 1.29 is 27.9 Å². The van der Waals surface area contributed by atoms with Gasteiger partial charge in [0.25, 0.3) is 0 Å². The van der Waals surface area contributed by atoms with E-state index in [2.05, 4.69) is 21.3 Å². The highest BCUT2D eigenvalue weighted by molar-refractivity contribution is 7.90. The second-order valence-corrected chi connectivity index (χ2v) is 10.8. The van der Waals surface area contributed by atoms with Crippen LogP contribution in [0.25, 0.3) is 0 Å². The Kier molecular flexibility index (Phi) is 9.87.